The maximum Gasteiger partial charge on any atom is 0.328 e. The number of ether oxygens (including phenoxy) is 1. The zero-order valence-electron chi connectivity index (χ0n) is 14.8. The third-order valence-electron chi connectivity index (χ3n) is 4.08. The number of carbonyl (C=O) groups is 2. The molecule has 0 heterocycles. The second-order valence-corrected chi connectivity index (χ2v) is 5.79. The number of methoxy groups -OCH3 is 1. The quantitative estimate of drug-likeness (QED) is 0.487. The van der Waals surface area contributed by atoms with Crippen LogP contribution >= 0.6 is 0 Å². The SMILES string of the molecule is CC[C@H](NC(=O)c1ccc(-c2ccc([N+](=O)[O-])cc2)cc1C)C(=O)OC. The summed E-state index contributed by atoms with van der Waals surface area (Å²) in [6, 6.07) is 10.8. The molecule has 136 valence electrons. The van der Waals surface area contributed by atoms with E-state index in [0.29, 0.717) is 12.0 Å². The number of nitro benzene ring substituents is 1. The summed E-state index contributed by atoms with van der Waals surface area (Å²) in [5, 5.41) is 13.4. The highest BCUT2D eigenvalue weighted by molar-refractivity contribution is 5.98. The second kappa shape index (κ2) is 8.24. The summed E-state index contributed by atoms with van der Waals surface area (Å²) in [5.74, 6) is -0.837. The van der Waals surface area contributed by atoms with Gasteiger partial charge in [0.2, 0.25) is 0 Å². The summed E-state index contributed by atoms with van der Waals surface area (Å²) < 4.78 is 4.67. The average molecular weight is 356 g/mol. The van der Waals surface area contributed by atoms with Crippen LogP contribution < -0.4 is 5.32 Å². The standard InChI is InChI=1S/C19H20N2O5/c1-4-17(19(23)26-3)20-18(22)16-10-7-14(11-12(16)2)13-5-8-15(9-6-13)21(24)25/h5-11,17H,4H2,1-3H3,(H,20,22)/t17-/m0/s1. The molecule has 0 fully saturated rings. The first-order valence-corrected chi connectivity index (χ1v) is 8.11. The molecule has 2 rings (SSSR count). The molecule has 0 aromatic heterocycles. The third-order valence-corrected chi connectivity index (χ3v) is 4.08. The molecule has 1 atom stereocenters. The molecule has 0 unspecified atom stereocenters. The number of amides is 1. The van der Waals surface area contributed by atoms with Crippen molar-refractivity contribution in [1.29, 1.82) is 0 Å². The second-order valence-electron chi connectivity index (χ2n) is 5.79. The molecule has 1 N–H and O–H groups in total. The summed E-state index contributed by atoms with van der Waals surface area (Å²) in [6.45, 7) is 3.58. The number of esters is 1. The Morgan fingerprint density at radius 1 is 1.15 bits per heavy atom. The van der Waals surface area contributed by atoms with Crippen molar-refractivity contribution in [3.63, 3.8) is 0 Å². The molecule has 2 aromatic rings. The van der Waals surface area contributed by atoms with E-state index in [4.69, 9.17) is 0 Å². The number of hydrogen-bond acceptors (Lipinski definition) is 5. The Morgan fingerprint density at radius 3 is 2.27 bits per heavy atom. The van der Waals surface area contributed by atoms with Gasteiger partial charge in [0, 0.05) is 17.7 Å². The van der Waals surface area contributed by atoms with E-state index in [1.165, 1.54) is 19.2 Å². The maximum absolute atomic E-state index is 12.4. The molecule has 7 nitrogen and oxygen atoms in total. The number of benzene rings is 2. The third kappa shape index (κ3) is 4.24. The number of aryl methyl sites for hydroxylation is 1. The highest BCUT2D eigenvalue weighted by Gasteiger charge is 2.21. The van der Waals surface area contributed by atoms with Crippen molar-refractivity contribution in [2.24, 2.45) is 0 Å². The molecule has 0 saturated heterocycles. The Kier molecular flexibility index (Phi) is 6.06. The Balaban J connectivity index is 2.22. The topological polar surface area (TPSA) is 98.5 Å². The predicted molar refractivity (Wildman–Crippen MR) is 96.8 cm³/mol. The number of nitrogens with one attached hydrogen (secondary N) is 1. The van der Waals surface area contributed by atoms with Crippen LogP contribution in [0.1, 0.15) is 29.3 Å². The van der Waals surface area contributed by atoms with E-state index in [1.54, 1.807) is 38.1 Å². The van der Waals surface area contributed by atoms with Gasteiger partial charge in [-0.3, -0.25) is 14.9 Å². The van der Waals surface area contributed by atoms with E-state index in [9.17, 15) is 19.7 Å². The molecule has 0 aliphatic carbocycles. The molecule has 0 spiro atoms. The van der Waals surface area contributed by atoms with Crippen LogP contribution in [0.25, 0.3) is 11.1 Å². The molecule has 0 aliphatic heterocycles. The van der Waals surface area contributed by atoms with Crippen LogP contribution in [0.3, 0.4) is 0 Å². The van der Waals surface area contributed by atoms with Crippen LogP contribution in [-0.2, 0) is 9.53 Å². The van der Waals surface area contributed by atoms with Crippen molar-refractivity contribution >= 4 is 17.6 Å². The molecule has 0 saturated carbocycles. The first kappa shape index (κ1) is 19.1. The van der Waals surface area contributed by atoms with Crippen LogP contribution in [0.15, 0.2) is 42.5 Å². The van der Waals surface area contributed by atoms with Gasteiger partial charge in [-0.15, -0.1) is 0 Å². The normalized spacial score (nSPS) is 11.5. The number of rotatable bonds is 6. The highest BCUT2D eigenvalue weighted by atomic mass is 16.6. The van der Waals surface area contributed by atoms with E-state index < -0.39 is 16.9 Å². The fourth-order valence-electron chi connectivity index (χ4n) is 2.58. The highest BCUT2D eigenvalue weighted by Crippen LogP contribution is 2.24. The number of nitro groups is 1. The van der Waals surface area contributed by atoms with Crippen LogP contribution in [-0.4, -0.2) is 30.0 Å². The molecule has 1 amide bonds. The lowest BCUT2D eigenvalue weighted by Gasteiger charge is -2.16. The van der Waals surface area contributed by atoms with Gasteiger partial charge in [-0.05, 0) is 48.2 Å². The zero-order chi connectivity index (χ0) is 19.3. The minimum Gasteiger partial charge on any atom is -0.467 e. The zero-order valence-corrected chi connectivity index (χ0v) is 14.8. The monoisotopic (exact) mass is 356 g/mol. The summed E-state index contributed by atoms with van der Waals surface area (Å²) >= 11 is 0. The molecular formula is C19H20N2O5. The minimum atomic E-state index is -0.693. The van der Waals surface area contributed by atoms with E-state index in [0.717, 1.165) is 16.7 Å². The van der Waals surface area contributed by atoms with Gasteiger partial charge >= 0.3 is 5.97 Å². The summed E-state index contributed by atoms with van der Waals surface area (Å²) in [6.07, 6.45) is 0.429. The Morgan fingerprint density at radius 2 is 1.77 bits per heavy atom. The largest absolute Gasteiger partial charge is 0.467 e. The molecule has 26 heavy (non-hydrogen) atoms. The summed E-state index contributed by atoms with van der Waals surface area (Å²) in [4.78, 5) is 34.3. The van der Waals surface area contributed by atoms with Crippen LogP contribution in [0.4, 0.5) is 5.69 Å². The molecule has 0 aliphatic rings. The van der Waals surface area contributed by atoms with Crippen molar-refractivity contribution in [3.8, 4) is 11.1 Å². The van der Waals surface area contributed by atoms with Crippen LogP contribution in [0.2, 0.25) is 0 Å². The lowest BCUT2D eigenvalue weighted by molar-refractivity contribution is -0.384. The number of carbonyl (C=O) groups excluding carboxylic acids is 2. The van der Waals surface area contributed by atoms with Crippen LogP contribution in [0.5, 0.6) is 0 Å². The van der Waals surface area contributed by atoms with Crippen molar-refractivity contribution in [1.82, 2.24) is 5.32 Å². The minimum absolute atomic E-state index is 0.0230. The molecule has 0 radical (unpaired) electrons. The average Bonchev–Trinajstić information content (AvgIpc) is 2.65. The molecular weight excluding hydrogens is 336 g/mol. The molecule has 7 heteroatoms. The van der Waals surface area contributed by atoms with Gasteiger partial charge in [-0.25, -0.2) is 4.79 Å². The first-order chi connectivity index (χ1) is 12.4. The maximum atomic E-state index is 12.4. The van der Waals surface area contributed by atoms with Gasteiger partial charge in [-0.1, -0.05) is 19.1 Å². The van der Waals surface area contributed by atoms with Gasteiger partial charge in [0.1, 0.15) is 6.04 Å². The van der Waals surface area contributed by atoms with Crippen molar-refractivity contribution in [2.75, 3.05) is 7.11 Å². The number of hydrogen-bond donors (Lipinski definition) is 1. The van der Waals surface area contributed by atoms with E-state index in [1.807, 2.05) is 6.07 Å². The van der Waals surface area contributed by atoms with Crippen LogP contribution in [0, 0.1) is 17.0 Å². The Bertz CT molecular complexity index is 830. The van der Waals surface area contributed by atoms with Crippen molar-refractivity contribution in [3.05, 3.63) is 63.7 Å². The summed E-state index contributed by atoms with van der Waals surface area (Å²) in [7, 11) is 1.28. The smallest absolute Gasteiger partial charge is 0.328 e. The molecule has 0 bridgehead atoms. The van der Waals surface area contributed by atoms with Gasteiger partial charge in [0.15, 0.2) is 0 Å². The van der Waals surface area contributed by atoms with E-state index in [2.05, 4.69) is 10.1 Å². The fraction of sp³-hybridized carbons (Fsp3) is 0.263. The summed E-state index contributed by atoms with van der Waals surface area (Å²) in [5.41, 5.74) is 2.87. The van der Waals surface area contributed by atoms with E-state index >= 15 is 0 Å². The fourth-order valence-corrected chi connectivity index (χ4v) is 2.58. The Labute approximate surface area is 151 Å². The van der Waals surface area contributed by atoms with E-state index in [-0.39, 0.29) is 11.6 Å². The van der Waals surface area contributed by atoms with Gasteiger partial charge in [0.25, 0.3) is 11.6 Å². The number of non-ortho nitro benzene ring substituents is 1. The first-order valence-electron chi connectivity index (χ1n) is 8.11. The Hall–Kier alpha value is -3.22. The lowest BCUT2D eigenvalue weighted by atomic mass is 9.99. The predicted octanol–water partition coefficient (Wildman–Crippen LogP) is 3.25. The lowest BCUT2D eigenvalue weighted by Crippen LogP contribution is -2.41. The van der Waals surface area contributed by atoms with Gasteiger partial charge in [-0.2, -0.15) is 0 Å². The van der Waals surface area contributed by atoms with Crippen molar-refractivity contribution in [2.45, 2.75) is 26.3 Å². The van der Waals surface area contributed by atoms with Gasteiger partial charge in [0.05, 0.1) is 12.0 Å². The van der Waals surface area contributed by atoms with Gasteiger partial charge < -0.3 is 10.1 Å². The van der Waals surface area contributed by atoms with Crippen molar-refractivity contribution < 1.29 is 19.2 Å². The number of nitrogens with zero attached hydrogens (tertiary/aromatic N) is 1. The molecule has 2 aromatic carbocycles.